The Kier molecular flexibility index (Phi) is 5.27. The van der Waals surface area contributed by atoms with Crippen LogP contribution in [0.25, 0.3) is 27.1 Å². The second-order valence-electron chi connectivity index (χ2n) is 7.16. The number of hydrogen-bond acceptors (Lipinski definition) is 2. The van der Waals surface area contributed by atoms with Gasteiger partial charge >= 0.3 is 6.18 Å². The van der Waals surface area contributed by atoms with Gasteiger partial charge in [-0.2, -0.15) is 13.2 Å². The van der Waals surface area contributed by atoms with Gasteiger partial charge in [0.05, 0.1) is 18.7 Å². The Balaban J connectivity index is 1.80. The Labute approximate surface area is 175 Å². The van der Waals surface area contributed by atoms with Gasteiger partial charge in [0.1, 0.15) is 11.5 Å². The fraction of sp³-hybridized carbons (Fsp3) is 0.217. The van der Waals surface area contributed by atoms with Crippen molar-refractivity contribution in [2.75, 3.05) is 0 Å². The molecule has 0 saturated heterocycles. The van der Waals surface area contributed by atoms with Crippen LogP contribution in [0, 0.1) is 12.4 Å². The highest BCUT2D eigenvalue weighted by atomic mass is 19.4. The van der Waals surface area contributed by atoms with Gasteiger partial charge in [-0.3, -0.25) is 0 Å². The summed E-state index contributed by atoms with van der Waals surface area (Å²) in [5.41, 5.74) is 0.943. The van der Waals surface area contributed by atoms with Crippen molar-refractivity contribution in [1.29, 1.82) is 0 Å². The van der Waals surface area contributed by atoms with Crippen molar-refractivity contribution in [3.63, 3.8) is 0 Å². The summed E-state index contributed by atoms with van der Waals surface area (Å²) in [7, 11) is 0. The molecule has 0 aliphatic heterocycles. The molecule has 0 aliphatic rings. The standard InChI is InChI=1S/C23H17F4N3O/c1-3-4-17-12-18-20(10-9-19(28-2)22(18)23(25,26)27)30(17)13-16-11-21(31-29-16)14-5-7-15(24)8-6-14/h5-12H,3-4,13H2,1H3. The van der Waals surface area contributed by atoms with E-state index in [1.165, 1.54) is 30.3 Å². The normalized spacial score (nSPS) is 11.7. The van der Waals surface area contributed by atoms with Gasteiger partial charge in [-0.25, -0.2) is 9.24 Å². The molecule has 0 N–H and O–H groups in total. The number of aryl methyl sites for hydroxylation is 1. The average molecular weight is 427 g/mol. The molecule has 0 unspecified atom stereocenters. The van der Waals surface area contributed by atoms with Crippen molar-refractivity contribution in [2.45, 2.75) is 32.5 Å². The van der Waals surface area contributed by atoms with Crippen LogP contribution in [0.5, 0.6) is 0 Å². The van der Waals surface area contributed by atoms with Crippen molar-refractivity contribution < 1.29 is 22.1 Å². The maximum Gasteiger partial charge on any atom is 0.408 e. The van der Waals surface area contributed by atoms with Crippen LogP contribution in [-0.2, 0) is 19.1 Å². The van der Waals surface area contributed by atoms with Crippen molar-refractivity contribution >= 4 is 16.6 Å². The fourth-order valence-corrected chi connectivity index (χ4v) is 3.72. The number of benzene rings is 2. The highest BCUT2D eigenvalue weighted by Crippen LogP contribution is 2.42. The number of hydrogen-bond donors (Lipinski definition) is 0. The van der Waals surface area contributed by atoms with Crippen LogP contribution < -0.4 is 0 Å². The van der Waals surface area contributed by atoms with E-state index in [1.807, 2.05) is 6.92 Å². The molecule has 4 nitrogen and oxygen atoms in total. The predicted octanol–water partition coefficient (Wildman–Crippen LogP) is 7.01. The highest BCUT2D eigenvalue weighted by Gasteiger charge is 2.36. The summed E-state index contributed by atoms with van der Waals surface area (Å²) >= 11 is 0. The lowest BCUT2D eigenvalue weighted by molar-refractivity contribution is -0.135. The van der Waals surface area contributed by atoms with E-state index in [0.29, 0.717) is 29.0 Å². The third kappa shape index (κ3) is 3.91. The Morgan fingerprint density at radius 3 is 2.48 bits per heavy atom. The molecule has 0 aliphatic carbocycles. The predicted molar refractivity (Wildman–Crippen MR) is 108 cm³/mol. The van der Waals surface area contributed by atoms with E-state index >= 15 is 0 Å². The zero-order valence-corrected chi connectivity index (χ0v) is 16.5. The van der Waals surface area contributed by atoms with Gasteiger partial charge in [0, 0.05) is 28.2 Å². The first kappa shape index (κ1) is 20.7. The van der Waals surface area contributed by atoms with Gasteiger partial charge in [-0.15, -0.1) is 0 Å². The second-order valence-corrected chi connectivity index (χ2v) is 7.16. The van der Waals surface area contributed by atoms with Crippen LogP contribution in [0.3, 0.4) is 0 Å². The molecule has 2 heterocycles. The first-order chi connectivity index (χ1) is 14.8. The molecule has 31 heavy (non-hydrogen) atoms. The molecule has 0 bridgehead atoms. The molecule has 0 amide bonds. The summed E-state index contributed by atoms with van der Waals surface area (Å²) in [4.78, 5) is 3.07. The van der Waals surface area contributed by atoms with Crippen molar-refractivity contribution in [3.05, 3.63) is 82.7 Å². The Morgan fingerprint density at radius 1 is 1.10 bits per heavy atom. The lowest BCUT2D eigenvalue weighted by Crippen LogP contribution is -2.07. The molecule has 4 aromatic rings. The van der Waals surface area contributed by atoms with E-state index in [2.05, 4.69) is 10.0 Å². The van der Waals surface area contributed by atoms with E-state index in [0.717, 1.165) is 12.1 Å². The van der Waals surface area contributed by atoms with Crippen LogP contribution in [0.15, 0.2) is 53.1 Å². The first-order valence-corrected chi connectivity index (χ1v) is 9.63. The molecule has 8 heteroatoms. The molecule has 0 atom stereocenters. The average Bonchev–Trinajstić information content (AvgIpc) is 3.33. The topological polar surface area (TPSA) is 35.3 Å². The molecule has 0 radical (unpaired) electrons. The van der Waals surface area contributed by atoms with Gasteiger partial charge < -0.3 is 9.09 Å². The quantitative estimate of drug-likeness (QED) is 0.254. The molecule has 4 rings (SSSR count). The summed E-state index contributed by atoms with van der Waals surface area (Å²) in [6, 6.07) is 11.7. The third-order valence-electron chi connectivity index (χ3n) is 5.07. The minimum atomic E-state index is -4.64. The zero-order chi connectivity index (χ0) is 22.2. The van der Waals surface area contributed by atoms with E-state index in [4.69, 9.17) is 11.1 Å². The molecular formula is C23H17F4N3O. The lowest BCUT2D eigenvalue weighted by atomic mass is 10.1. The number of nitrogens with zero attached hydrogens (tertiary/aromatic N) is 3. The fourth-order valence-electron chi connectivity index (χ4n) is 3.72. The largest absolute Gasteiger partial charge is 0.408 e. The monoisotopic (exact) mass is 427 g/mol. The molecule has 158 valence electrons. The third-order valence-corrected chi connectivity index (χ3v) is 5.07. The molecule has 2 aromatic carbocycles. The molecule has 0 fully saturated rings. The van der Waals surface area contributed by atoms with Crippen LogP contribution in [-0.4, -0.2) is 9.72 Å². The number of rotatable bonds is 5. The number of aromatic nitrogens is 2. The minimum Gasteiger partial charge on any atom is -0.356 e. The summed E-state index contributed by atoms with van der Waals surface area (Å²) in [6.07, 6.45) is -3.33. The summed E-state index contributed by atoms with van der Waals surface area (Å²) < 4.78 is 61.5. The Bertz CT molecular complexity index is 1280. The van der Waals surface area contributed by atoms with E-state index in [1.54, 1.807) is 22.8 Å². The van der Waals surface area contributed by atoms with Gasteiger partial charge in [0.15, 0.2) is 11.4 Å². The lowest BCUT2D eigenvalue weighted by Gasteiger charge is -2.12. The zero-order valence-electron chi connectivity index (χ0n) is 16.5. The second kappa shape index (κ2) is 7.91. The summed E-state index contributed by atoms with van der Waals surface area (Å²) in [5.74, 6) is 0.0699. The number of halogens is 4. The first-order valence-electron chi connectivity index (χ1n) is 9.63. The number of fused-ring (bicyclic) bond motifs is 1. The smallest absolute Gasteiger partial charge is 0.356 e. The maximum atomic E-state index is 13.7. The van der Waals surface area contributed by atoms with Crippen LogP contribution in [0.4, 0.5) is 23.2 Å². The summed E-state index contributed by atoms with van der Waals surface area (Å²) in [6.45, 7) is 9.28. The van der Waals surface area contributed by atoms with E-state index < -0.39 is 17.4 Å². The van der Waals surface area contributed by atoms with Crippen molar-refractivity contribution in [2.24, 2.45) is 0 Å². The minimum absolute atomic E-state index is 0.00621. The van der Waals surface area contributed by atoms with Crippen LogP contribution in [0.2, 0.25) is 0 Å². The van der Waals surface area contributed by atoms with Gasteiger partial charge in [-0.05, 0) is 42.8 Å². The number of alkyl halides is 3. The Morgan fingerprint density at radius 2 is 1.84 bits per heavy atom. The SMILES string of the molecule is [C-]#[N+]c1ccc2c(cc(CCC)n2Cc2cc(-c3ccc(F)cc3)on2)c1C(F)(F)F. The molecule has 0 spiro atoms. The molecular weight excluding hydrogens is 410 g/mol. The molecule has 2 aromatic heterocycles. The van der Waals surface area contributed by atoms with Gasteiger partial charge in [0.2, 0.25) is 0 Å². The van der Waals surface area contributed by atoms with Gasteiger partial charge in [-0.1, -0.05) is 24.6 Å². The molecule has 0 saturated carbocycles. The van der Waals surface area contributed by atoms with Crippen molar-refractivity contribution in [1.82, 2.24) is 9.72 Å². The maximum absolute atomic E-state index is 13.7. The van der Waals surface area contributed by atoms with Crippen LogP contribution >= 0.6 is 0 Å². The van der Waals surface area contributed by atoms with Gasteiger partial charge in [0.25, 0.3) is 0 Å². The van der Waals surface area contributed by atoms with Crippen LogP contribution in [0.1, 0.15) is 30.3 Å². The van der Waals surface area contributed by atoms with E-state index in [9.17, 15) is 17.6 Å². The van der Waals surface area contributed by atoms with Crippen molar-refractivity contribution in [3.8, 4) is 11.3 Å². The highest BCUT2D eigenvalue weighted by molar-refractivity contribution is 5.90. The summed E-state index contributed by atoms with van der Waals surface area (Å²) in [5, 5.41) is 4.05. The Hall–Kier alpha value is -3.60. The van der Waals surface area contributed by atoms with E-state index in [-0.39, 0.29) is 17.7 Å².